The van der Waals surface area contributed by atoms with Crippen LogP contribution in [0, 0.1) is 0 Å². The number of hydrogen-bond donors (Lipinski definition) is 1. The van der Waals surface area contributed by atoms with E-state index in [2.05, 4.69) is 20.5 Å². The van der Waals surface area contributed by atoms with E-state index in [-0.39, 0.29) is 13.0 Å². The quantitative estimate of drug-likeness (QED) is 0.789. The minimum absolute atomic E-state index is 0.00504. The SMILES string of the molecule is O=C(O)CCn1nnnc1Cc1cccnc1. The van der Waals surface area contributed by atoms with Crippen LogP contribution in [0.5, 0.6) is 0 Å². The number of hydrogen-bond acceptors (Lipinski definition) is 5. The molecule has 0 fully saturated rings. The molecule has 0 aromatic carbocycles. The van der Waals surface area contributed by atoms with Crippen LogP contribution in [-0.4, -0.2) is 36.3 Å². The molecule has 0 aliphatic rings. The van der Waals surface area contributed by atoms with Crippen molar-refractivity contribution in [1.29, 1.82) is 0 Å². The Morgan fingerprint density at radius 3 is 3.06 bits per heavy atom. The fraction of sp³-hybridized carbons (Fsp3) is 0.300. The van der Waals surface area contributed by atoms with Gasteiger partial charge in [0.2, 0.25) is 0 Å². The van der Waals surface area contributed by atoms with Crippen molar-refractivity contribution in [2.45, 2.75) is 19.4 Å². The number of aromatic nitrogens is 5. The average Bonchev–Trinajstić information content (AvgIpc) is 2.75. The van der Waals surface area contributed by atoms with Crippen LogP contribution >= 0.6 is 0 Å². The maximum Gasteiger partial charge on any atom is 0.305 e. The van der Waals surface area contributed by atoms with E-state index in [0.29, 0.717) is 12.2 Å². The Bertz CT molecular complexity index is 496. The standard InChI is InChI=1S/C10H11N5O2/c16-10(17)3-5-15-9(12-13-14-15)6-8-2-1-4-11-7-8/h1-2,4,7H,3,5-6H2,(H,16,17). The Morgan fingerprint density at radius 1 is 1.47 bits per heavy atom. The predicted molar refractivity (Wildman–Crippen MR) is 57.1 cm³/mol. The summed E-state index contributed by atoms with van der Waals surface area (Å²) >= 11 is 0. The monoisotopic (exact) mass is 233 g/mol. The van der Waals surface area contributed by atoms with Crippen molar-refractivity contribution in [3.05, 3.63) is 35.9 Å². The molecule has 0 saturated carbocycles. The van der Waals surface area contributed by atoms with Gasteiger partial charge in [-0.05, 0) is 22.1 Å². The maximum atomic E-state index is 10.5. The van der Waals surface area contributed by atoms with E-state index in [1.165, 1.54) is 4.68 Å². The summed E-state index contributed by atoms with van der Waals surface area (Å²) in [4.78, 5) is 14.5. The van der Waals surface area contributed by atoms with E-state index in [9.17, 15) is 4.79 Å². The van der Waals surface area contributed by atoms with Crippen LogP contribution in [0.25, 0.3) is 0 Å². The lowest BCUT2D eigenvalue weighted by atomic mass is 10.2. The fourth-order valence-corrected chi connectivity index (χ4v) is 1.41. The first kappa shape index (κ1) is 11.2. The van der Waals surface area contributed by atoms with Gasteiger partial charge in [-0.1, -0.05) is 6.07 Å². The summed E-state index contributed by atoms with van der Waals surface area (Å²) in [6.45, 7) is 0.276. The van der Waals surface area contributed by atoms with Crippen molar-refractivity contribution in [3.63, 3.8) is 0 Å². The Morgan fingerprint density at radius 2 is 2.35 bits per heavy atom. The van der Waals surface area contributed by atoms with Crippen LogP contribution in [0.15, 0.2) is 24.5 Å². The summed E-state index contributed by atoms with van der Waals surface area (Å²) < 4.78 is 1.50. The first-order valence-electron chi connectivity index (χ1n) is 5.11. The van der Waals surface area contributed by atoms with E-state index in [1.807, 2.05) is 12.1 Å². The van der Waals surface area contributed by atoms with Crippen molar-refractivity contribution in [3.8, 4) is 0 Å². The van der Waals surface area contributed by atoms with Gasteiger partial charge in [-0.15, -0.1) is 5.10 Å². The van der Waals surface area contributed by atoms with E-state index in [4.69, 9.17) is 5.11 Å². The molecule has 2 aromatic heterocycles. The molecule has 1 N–H and O–H groups in total. The normalized spacial score (nSPS) is 10.4. The number of carbonyl (C=O) groups is 1. The number of pyridine rings is 1. The Labute approximate surface area is 97.1 Å². The zero-order valence-corrected chi connectivity index (χ0v) is 9.02. The third-order valence-electron chi connectivity index (χ3n) is 2.23. The third-order valence-corrected chi connectivity index (χ3v) is 2.23. The van der Waals surface area contributed by atoms with Crippen molar-refractivity contribution >= 4 is 5.97 Å². The van der Waals surface area contributed by atoms with Crippen LogP contribution in [0.1, 0.15) is 17.8 Å². The third kappa shape index (κ3) is 3.07. The van der Waals surface area contributed by atoms with Gasteiger partial charge in [-0.25, -0.2) is 4.68 Å². The number of nitrogens with zero attached hydrogens (tertiary/aromatic N) is 5. The smallest absolute Gasteiger partial charge is 0.305 e. The molecule has 0 bridgehead atoms. The van der Waals surface area contributed by atoms with Crippen LogP contribution in [-0.2, 0) is 17.8 Å². The first-order chi connectivity index (χ1) is 8.25. The molecule has 0 aliphatic heterocycles. The lowest BCUT2D eigenvalue weighted by molar-refractivity contribution is -0.137. The highest BCUT2D eigenvalue weighted by molar-refractivity contribution is 5.66. The number of carboxylic acid groups (broad SMARTS) is 1. The molecule has 0 aliphatic carbocycles. The largest absolute Gasteiger partial charge is 0.481 e. The zero-order chi connectivity index (χ0) is 12.1. The molecule has 7 heteroatoms. The molecule has 17 heavy (non-hydrogen) atoms. The Balaban J connectivity index is 2.06. The number of aliphatic carboxylic acids is 1. The van der Waals surface area contributed by atoms with Gasteiger partial charge >= 0.3 is 5.97 Å². The summed E-state index contributed by atoms with van der Waals surface area (Å²) in [6, 6.07) is 3.75. The highest BCUT2D eigenvalue weighted by atomic mass is 16.4. The molecule has 0 unspecified atom stereocenters. The maximum absolute atomic E-state index is 10.5. The van der Waals surface area contributed by atoms with Crippen LogP contribution < -0.4 is 0 Å². The number of rotatable bonds is 5. The van der Waals surface area contributed by atoms with Crippen molar-refractivity contribution in [2.24, 2.45) is 0 Å². The van der Waals surface area contributed by atoms with Crippen molar-refractivity contribution in [1.82, 2.24) is 25.2 Å². The summed E-state index contributed by atoms with van der Waals surface area (Å²) in [7, 11) is 0. The molecule has 0 saturated heterocycles. The van der Waals surface area contributed by atoms with Gasteiger partial charge in [-0.2, -0.15) is 0 Å². The zero-order valence-electron chi connectivity index (χ0n) is 9.02. The van der Waals surface area contributed by atoms with Crippen LogP contribution in [0.4, 0.5) is 0 Å². The van der Waals surface area contributed by atoms with Gasteiger partial charge in [0.15, 0.2) is 5.82 Å². The van der Waals surface area contributed by atoms with Gasteiger partial charge < -0.3 is 5.11 Å². The second-order valence-electron chi connectivity index (χ2n) is 3.50. The van der Waals surface area contributed by atoms with E-state index >= 15 is 0 Å². The molecule has 2 heterocycles. The van der Waals surface area contributed by atoms with Crippen molar-refractivity contribution in [2.75, 3.05) is 0 Å². The topological polar surface area (TPSA) is 93.8 Å². The lowest BCUT2D eigenvalue weighted by Crippen LogP contribution is -2.10. The predicted octanol–water partition coefficient (Wildman–Crippen LogP) is 0.134. The Kier molecular flexibility index (Phi) is 3.39. The molecular formula is C10H11N5O2. The van der Waals surface area contributed by atoms with Gasteiger partial charge in [-0.3, -0.25) is 9.78 Å². The molecule has 0 spiro atoms. The van der Waals surface area contributed by atoms with Gasteiger partial charge in [0.1, 0.15) is 0 Å². The molecule has 0 atom stereocenters. The minimum atomic E-state index is -0.868. The van der Waals surface area contributed by atoms with Gasteiger partial charge in [0, 0.05) is 18.8 Å². The molecule has 2 aromatic rings. The molecule has 7 nitrogen and oxygen atoms in total. The number of carboxylic acids is 1. The average molecular weight is 233 g/mol. The lowest BCUT2D eigenvalue weighted by Gasteiger charge is -2.02. The summed E-state index contributed by atoms with van der Waals surface area (Å²) in [5, 5.41) is 19.8. The first-order valence-corrected chi connectivity index (χ1v) is 5.11. The Hall–Kier alpha value is -2.31. The molecule has 0 amide bonds. The highest BCUT2D eigenvalue weighted by Crippen LogP contribution is 2.04. The second-order valence-corrected chi connectivity index (χ2v) is 3.50. The molecule has 88 valence electrons. The summed E-state index contributed by atoms with van der Waals surface area (Å²) in [5.41, 5.74) is 0.985. The molecular weight excluding hydrogens is 222 g/mol. The van der Waals surface area contributed by atoms with Gasteiger partial charge in [0.05, 0.1) is 13.0 Å². The minimum Gasteiger partial charge on any atom is -0.481 e. The summed E-state index contributed by atoms with van der Waals surface area (Å²) in [6.07, 6.45) is 3.97. The molecule has 2 rings (SSSR count). The van der Waals surface area contributed by atoms with E-state index in [1.54, 1.807) is 12.4 Å². The van der Waals surface area contributed by atoms with Crippen molar-refractivity contribution < 1.29 is 9.90 Å². The summed E-state index contributed by atoms with van der Waals surface area (Å²) in [5.74, 6) is -0.230. The second kappa shape index (κ2) is 5.15. The highest BCUT2D eigenvalue weighted by Gasteiger charge is 2.08. The van der Waals surface area contributed by atoms with Gasteiger partial charge in [0.25, 0.3) is 0 Å². The van der Waals surface area contributed by atoms with E-state index < -0.39 is 5.97 Å². The number of aryl methyl sites for hydroxylation is 1. The number of tetrazole rings is 1. The fourth-order valence-electron chi connectivity index (χ4n) is 1.41. The molecule has 0 radical (unpaired) electrons. The van der Waals surface area contributed by atoms with Crippen LogP contribution in [0.3, 0.4) is 0 Å². The van der Waals surface area contributed by atoms with Crippen LogP contribution in [0.2, 0.25) is 0 Å². The van der Waals surface area contributed by atoms with E-state index in [0.717, 1.165) is 5.56 Å².